The number of H-pyrrole nitrogens is 1. The fourth-order valence-corrected chi connectivity index (χ4v) is 2.52. The minimum Gasteiger partial charge on any atom is -0.293 e. The quantitative estimate of drug-likeness (QED) is 0.673. The third-order valence-corrected chi connectivity index (χ3v) is 3.91. The van der Waals surface area contributed by atoms with E-state index in [9.17, 15) is 4.79 Å². The minimum absolute atomic E-state index is 0.0927. The number of aromatic amines is 1. The van der Waals surface area contributed by atoms with Crippen molar-refractivity contribution in [3.8, 4) is 0 Å². The largest absolute Gasteiger partial charge is 0.293 e. The van der Waals surface area contributed by atoms with Gasteiger partial charge in [0.15, 0.2) is 5.78 Å². The van der Waals surface area contributed by atoms with E-state index in [1.165, 1.54) is 11.8 Å². The molecule has 0 spiro atoms. The lowest BCUT2D eigenvalue weighted by molar-refractivity contribution is 0.102. The van der Waals surface area contributed by atoms with Crippen LogP contribution in [-0.4, -0.2) is 33.0 Å². The highest BCUT2D eigenvalue weighted by atomic mass is 32.2. The number of thioether (sulfide) groups is 2. The van der Waals surface area contributed by atoms with E-state index in [-0.39, 0.29) is 5.78 Å². The highest BCUT2D eigenvalue weighted by Gasteiger charge is 2.08. The molecule has 0 atom stereocenters. The zero-order valence-corrected chi connectivity index (χ0v) is 11.8. The Bertz CT molecular complexity index is 537. The molecule has 0 saturated heterocycles. The van der Waals surface area contributed by atoms with E-state index >= 15 is 0 Å². The molecule has 0 aliphatic carbocycles. The molecule has 1 aromatic carbocycles. The standard InChI is InChI=1S/C12H13N3OS2/c1-8-13-12(15-14-8)18-7-11(16)9-3-5-10(17-2)6-4-9/h3-6H,7H2,1-2H3,(H,13,14,15). The summed E-state index contributed by atoms with van der Waals surface area (Å²) in [5, 5.41) is 7.34. The summed E-state index contributed by atoms with van der Waals surface area (Å²) in [6.45, 7) is 1.83. The molecule has 1 N–H and O–H groups in total. The molecule has 1 heterocycles. The highest BCUT2D eigenvalue weighted by molar-refractivity contribution is 7.99. The Labute approximate surface area is 114 Å². The van der Waals surface area contributed by atoms with Crippen LogP contribution in [0.2, 0.25) is 0 Å². The molecule has 18 heavy (non-hydrogen) atoms. The van der Waals surface area contributed by atoms with Gasteiger partial charge in [-0.2, -0.15) is 0 Å². The van der Waals surface area contributed by atoms with E-state index in [1.807, 2.05) is 37.4 Å². The number of nitrogens with zero attached hydrogens (tertiary/aromatic N) is 2. The molecule has 0 unspecified atom stereocenters. The number of hydrogen-bond acceptors (Lipinski definition) is 5. The number of aromatic nitrogens is 3. The van der Waals surface area contributed by atoms with Crippen LogP contribution < -0.4 is 0 Å². The number of aryl methyl sites for hydroxylation is 1. The van der Waals surface area contributed by atoms with E-state index in [0.29, 0.717) is 10.9 Å². The predicted octanol–water partition coefficient (Wildman–Crippen LogP) is 2.81. The van der Waals surface area contributed by atoms with Crippen LogP contribution in [0.3, 0.4) is 0 Å². The molecule has 4 nitrogen and oxygen atoms in total. The molecule has 0 fully saturated rings. The Hall–Kier alpha value is -1.27. The first-order valence-electron chi connectivity index (χ1n) is 5.38. The number of benzene rings is 1. The molecule has 0 amide bonds. The molecule has 0 aliphatic heterocycles. The Balaban J connectivity index is 1.94. The molecule has 2 aromatic rings. The lowest BCUT2D eigenvalue weighted by Crippen LogP contribution is -2.02. The zero-order valence-electron chi connectivity index (χ0n) is 10.1. The third-order valence-electron chi connectivity index (χ3n) is 2.32. The summed E-state index contributed by atoms with van der Waals surface area (Å²) >= 11 is 3.01. The van der Waals surface area contributed by atoms with Gasteiger partial charge in [-0.05, 0) is 25.3 Å². The molecule has 0 aliphatic rings. The topological polar surface area (TPSA) is 58.6 Å². The Morgan fingerprint density at radius 1 is 1.33 bits per heavy atom. The number of ketones is 1. The lowest BCUT2D eigenvalue weighted by atomic mass is 10.1. The van der Waals surface area contributed by atoms with E-state index in [2.05, 4.69) is 15.2 Å². The fraction of sp³-hybridized carbons (Fsp3) is 0.250. The van der Waals surface area contributed by atoms with Crippen molar-refractivity contribution >= 4 is 29.3 Å². The molecule has 0 bridgehead atoms. The summed E-state index contributed by atoms with van der Waals surface area (Å²) in [4.78, 5) is 17.2. The van der Waals surface area contributed by atoms with Crippen molar-refractivity contribution in [2.75, 3.05) is 12.0 Å². The van der Waals surface area contributed by atoms with Gasteiger partial charge < -0.3 is 0 Å². The maximum atomic E-state index is 11.9. The average molecular weight is 279 g/mol. The smallest absolute Gasteiger partial charge is 0.208 e. The monoisotopic (exact) mass is 279 g/mol. The maximum absolute atomic E-state index is 11.9. The summed E-state index contributed by atoms with van der Waals surface area (Å²) in [6, 6.07) is 7.63. The Morgan fingerprint density at radius 3 is 2.61 bits per heavy atom. The summed E-state index contributed by atoms with van der Waals surface area (Å²) in [6.07, 6.45) is 2.01. The predicted molar refractivity (Wildman–Crippen MR) is 74.4 cm³/mol. The number of carbonyl (C=O) groups excluding carboxylic acids is 1. The first kappa shape index (κ1) is 13.2. The summed E-state index contributed by atoms with van der Waals surface area (Å²) in [7, 11) is 0. The zero-order chi connectivity index (χ0) is 13.0. The first-order valence-corrected chi connectivity index (χ1v) is 7.59. The number of nitrogens with one attached hydrogen (secondary N) is 1. The second-order valence-corrected chi connectivity index (χ2v) is 5.47. The summed E-state index contributed by atoms with van der Waals surface area (Å²) < 4.78 is 0. The van der Waals surface area contributed by atoms with E-state index in [4.69, 9.17) is 0 Å². The molecule has 6 heteroatoms. The number of carbonyl (C=O) groups is 1. The van der Waals surface area contributed by atoms with Crippen molar-refractivity contribution in [3.05, 3.63) is 35.7 Å². The number of Topliss-reactive ketones (excluding diaryl/α,β-unsaturated/α-hetero) is 1. The Kier molecular flexibility index (Phi) is 4.43. The molecule has 94 valence electrons. The molecular formula is C12H13N3OS2. The second-order valence-electron chi connectivity index (χ2n) is 3.64. The molecule has 0 saturated carbocycles. The first-order chi connectivity index (χ1) is 8.69. The van der Waals surface area contributed by atoms with Gasteiger partial charge in [0, 0.05) is 10.5 Å². The van der Waals surface area contributed by atoms with Crippen LogP contribution in [0.4, 0.5) is 0 Å². The van der Waals surface area contributed by atoms with Crippen molar-refractivity contribution in [1.82, 2.24) is 15.2 Å². The van der Waals surface area contributed by atoms with Gasteiger partial charge in [-0.1, -0.05) is 23.9 Å². The Morgan fingerprint density at radius 2 is 2.06 bits per heavy atom. The van der Waals surface area contributed by atoms with Crippen molar-refractivity contribution in [3.63, 3.8) is 0 Å². The summed E-state index contributed by atoms with van der Waals surface area (Å²) in [5.41, 5.74) is 0.729. The van der Waals surface area contributed by atoms with Crippen LogP contribution in [0.1, 0.15) is 16.2 Å². The SMILES string of the molecule is CSc1ccc(C(=O)CSc2n[nH]c(C)n2)cc1. The van der Waals surface area contributed by atoms with Crippen molar-refractivity contribution in [2.24, 2.45) is 0 Å². The van der Waals surface area contributed by atoms with Gasteiger partial charge in [0.05, 0.1) is 5.75 Å². The van der Waals surface area contributed by atoms with Gasteiger partial charge in [-0.3, -0.25) is 9.89 Å². The minimum atomic E-state index is 0.0927. The van der Waals surface area contributed by atoms with Crippen LogP contribution in [0, 0.1) is 6.92 Å². The van der Waals surface area contributed by atoms with Crippen LogP contribution in [0.15, 0.2) is 34.3 Å². The normalized spacial score (nSPS) is 10.6. The van der Waals surface area contributed by atoms with Crippen LogP contribution in [0.25, 0.3) is 0 Å². The highest BCUT2D eigenvalue weighted by Crippen LogP contribution is 2.18. The van der Waals surface area contributed by atoms with Gasteiger partial charge in [0.2, 0.25) is 5.16 Å². The number of rotatable bonds is 5. The van der Waals surface area contributed by atoms with Gasteiger partial charge in [-0.25, -0.2) is 4.98 Å². The van der Waals surface area contributed by atoms with E-state index in [1.54, 1.807) is 11.8 Å². The van der Waals surface area contributed by atoms with E-state index in [0.717, 1.165) is 16.3 Å². The molecule has 1 aromatic heterocycles. The van der Waals surface area contributed by atoms with Crippen LogP contribution >= 0.6 is 23.5 Å². The van der Waals surface area contributed by atoms with Crippen LogP contribution in [0.5, 0.6) is 0 Å². The average Bonchev–Trinajstić information content (AvgIpc) is 2.82. The van der Waals surface area contributed by atoms with Crippen molar-refractivity contribution < 1.29 is 4.79 Å². The lowest BCUT2D eigenvalue weighted by Gasteiger charge is -2.00. The van der Waals surface area contributed by atoms with Crippen molar-refractivity contribution in [2.45, 2.75) is 17.0 Å². The maximum Gasteiger partial charge on any atom is 0.208 e. The van der Waals surface area contributed by atoms with Gasteiger partial charge in [-0.15, -0.1) is 16.9 Å². The molecule has 0 radical (unpaired) electrons. The van der Waals surface area contributed by atoms with Gasteiger partial charge >= 0.3 is 0 Å². The van der Waals surface area contributed by atoms with Gasteiger partial charge in [0.1, 0.15) is 5.82 Å². The number of hydrogen-bond donors (Lipinski definition) is 1. The summed E-state index contributed by atoms with van der Waals surface area (Å²) in [5.74, 6) is 1.21. The van der Waals surface area contributed by atoms with Gasteiger partial charge in [0.25, 0.3) is 0 Å². The van der Waals surface area contributed by atoms with E-state index < -0.39 is 0 Å². The fourth-order valence-electron chi connectivity index (χ4n) is 1.38. The van der Waals surface area contributed by atoms with Crippen molar-refractivity contribution in [1.29, 1.82) is 0 Å². The van der Waals surface area contributed by atoms with Crippen LogP contribution in [-0.2, 0) is 0 Å². The molecule has 2 rings (SSSR count). The third kappa shape index (κ3) is 3.36. The second kappa shape index (κ2) is 6.06. The molecular weight excluding hydrogens is 266 g/mol.